The molecule has 0 unspecified atom stereocenters. The molecule has 0 bridgehead atoms. The van der Waals surface area contributed by atoms with Crippen LogP contribution in [-0.2, 0) is 19.6 Å². The van der Waals surface area contributed by atoms with E-state index in [4.69, 9.17) is 9.47 Å². The monoisotopic (exact) mass is 460 g/mol. The number of sulfonamides is 1. The number of carbonyl (C=O) groups excluding carboxylic acids is 2. The first kappa shape index (κ1) is 23.7. The third-order valence-electron chi connectivity index (χ3n) is 5.17. The Bertz CT molecular complexity index is 1060. The van der Waals surface area contributed by atoms with E-state index in [1.54, 1.807) is 37.3 Å². The van der Waals surface area contributed by atoms with Gasteiger partial charge in [-0.2, -0.15) is 4.31 Å². The first-order valence-corrected chi connectivity index (χ1v) is 12.1. The fourth-order valence-electron chi connectivity index (χ4n) is 3.44. The maximum Gasteiger partial charge on any atom is 0.338 e. The third-order valence-corrected chi connectivity index (χ3v) is 7.06. The Morgan fingerprint density at radius 2 is 1.72 bits per heavy atom. The van der Waals surface area contributed by atoms with Crippen LogP contribution in [0.2, 0.25) is 0 Å². The average molecular weight is 461 g/mol. The highest BCUT2D eigenvalue weighted by Gasteiger charge is 2.27. The topological polar surface area (TPSA) is 102 Å². The van der Waals surface area contributed by atoms with Gasteiger partial charge < -0.3 is 14.8 Å². The molecule has 9 heteroatoms. The summed E-state index contributed by atoms with van der Waals surface area (Å²) in [5.41, 5.74) is 1.23. The number of hydrogen-bond donors (Lipinski definition) is 1. The fraction of sp³-hybridized carbons (Fsp3) is 0.391. The molecule has 1 aliphatic rings. The number of nitrogens with one attached hydrogen (secondary N) is 1. The summed E-state index contributed by atoms with van der Waals surface area (Å²) in [4.78, 5) is 24.8. The first-order valence-electron chi connectivity index (χ1n) is 10.6. The summed E-state index contributed by atoms with van der Waals surface area (Å²) in [7, 11) is -3.68. The number of rotatable bonds is 8. The van der Waals surface area contributed by atoms with Crippen molar-refractivity contribution in [3.8, 4) is 5.75 Å². The lowest BCUT2D eigenvalue weighted by Gasteiger charge is -2.26. The molecule has 0 aromatic heterocycles. The molecule has 0 aliphatic carbocycles. The van der Waals surface area contributed by atoms with Crippen molar-refractivity contribution >= 4 is 27.6 Å². The molecule has 32 heavy (non-hydrogen) atoms. The van der Waals surface area contributed by atoms with E-state index in [-0.39, 0.29) is 10.5 Å². The molecule has 1 N–H and O–H groups in total. The van der Waals surface area contributed by atoms with Gasteiger partial charge in [-0.1, -0.05) is 12.5 Å². The van der Waals surface area contributed by atoms with Crippen LogP contribution in [0.25, 0.3) is 0 Å². The van der Waals surface area contributed by atoms with Crippen molar-refractivity contribution in [2.75, 3.05) is 31.6 Å². The van der Waals surface area contributed by atoms with E-state index >= 15 is 0 Å². The third kappa shape index (κ3) is 5.86. The Hall–Kier alpha value is -2.91. The van der Waals surface area contributed by atoms with Gasteiger partial charge in [0.1, 0.15) is 5.75 Å². The van der Waals surface area contributed by atoms with Gasteiger partial charge in [0.05, 0.1) is 17.1 Å². The summed E-state index contributed by atoms with van der Waals surface area (Å²) in [5, 5.41) is 2.64. The summed E-state index contributed by atoms with van der Waals surface area (Å²) >= 11 is 0. The highest BCUT2D eigenvalue weighted by Crippen LogP contribution is 2.23. The number of piperidine rings is 1. The standard InChI is InChI=1S/C23H28N2O6S/c1-3-30-19-10-8-18(9-11-19)24-22(26)16-31-23(27)21-15-20(12-7-17(21)2)32(28,29)25-13-5-4-6-14-25/h7-12,15H,3-6,13-14,16H2,1-2H3,(H,24,26). The molecule has 2 aromatic rings. The second-order valence-corrected chi connectivity index (χ2v) is 9.46. The zero-order chi connectivity index (χ0) is 23.1. The first-order chi connectivity index (χ1) is 15.3. The number of amides is 1. The van der Waals surface area contributed by atoms with Crippen LogP contribution in [0.15, 0.2) is 47.4 Å². The number of esters is 1. The van der Waals surface area contributed by atoms with E-state index in [9.17, 15) is 18.0 Å². The molecule has 1 aliphatic heterocycles. The quantitative estimate of drug-likeness (QED) is 0.606. The lowest BCUT2D eigenvalue weighted by atomic mass is 10.1. The van der Waals surface area contributed by atoms with Crippen LogP contribution in [-0.4, -0.2) is 50.9 Å². The number of benzene rings is 2. The van der Waals surface area contributed by atoms with Gasteiger partial charge in [-0.3, -0.25) is 4.79 Å². The van der Waals surface area contributed by atoms with Gasteiger partial charge in [0.15, 0.2) is 6.61 Å². The molecular formula is C23H28N2O6S. The summed E-state index contributed by atoms with van der Waals surface area (Å²) in [6.45, 7) is 4.57. The lowest BCUT2D eigenvalue weighted by molar-refractivity contribution is -0.119. The van der Waals surface area contributed by atoms with Crippen LogP contribution < -0.4 is 10.1 Å². The molecule has 2 aromatic carbocycles. The van der Waals surface area contributed by atoms with Crippen molar-refractivity contribution in [3.05, 3.63) is 53.6 Å². The minimum absolute atomic E-state index is 0.0517. The van der Waals surface area contributed by atoms with Crippen molar-refractivity contribution in [3.63, 3.8) is 0 Å². The van der Waals surface area contributed by atoms with E-state index in [1.807, 2.05) is 6.92 Å². The molecule has 8 nitrogen and oxygen atoms in total. The van der Waals surface area contributed by atoms with Gasteiger partial charge >= 0.3 is 5.97 Å². The van der Waals surface area contributed by atoms with Gasteiger partial charge in [-0.25, -0.2) is 13.2 Å². The van der Waals surface area contributed by atoms with Crippen LogP contribution in [0.3, 0.4) is 0 Å². The molecule has 1 saturated heterocycles. The second kappa shape index (κ2) is 10.6. The molecule has 1 amide bonds. The molecule has 0 saturated carbocycles. The smallest absolute Gasteiger partial charge is 0.338 e. The summed E-state index contributed by atoms with van der Waals surface area (Å²) in [5.74, 6) is -0.566. The minimum Gasteiger partial charge on any atom is -0.494 e. The second-order valence-electron chi connectivity index (χ2n) is 7.52. The summed E-state index contributed by atoms with van der Waals surface area (Å²) in [6, 6.07) is 11.2. The predicted molar refractivity (Wildman–Crippen MR) is 120 cm³/mol. The van der Waals surface area contributed by atoms with Gasteiger partial charge in [-0.15, -0.1) is 0 Å². The number of hydrogen-bond acceptors (Lipinski definition) is 6. The maximum atomic E-state index is 12.9. The Morgan fingerprint density at radius 1 is 1.03 bits per heavy atom. The largest absolute Gasteiger partial charge is 0.494 e. The van der Waals surface area contributed by atoms with E-state index in [0.29, 0.717) is 36.7 Å². The van der Waals surface area contributed by atoms with Gasteiger partial charge in [0.25, 0.3) is 5.91 Å². The Kier molecular flexibility index (Phi) is 7.87. The molecule has 1 fully saturated rings. The van der Waals surface area contributed by atoms with Crippen molar-refractivity contribution in [2.45, 2.75) is 38.0 Å². The van der Waals surface area contributed by atoms with Crippen molar-refractivity contribution in [1.82, 2.24) is 4.31 Å². The Balaban J connectivity index is 1.63. The Labute approximate surface area is 188 Å². The normalized spacial score (nSPS) is 14.6. The number of ether oxygens (including phenoxy) is 2. The molecular weight excluding hydrogens is 432 g/mol. The molecule has 172 valence electrons. The SMILES string of the molecule is CCOc1ccc(NC(=O)COC(=O)c2cc(S(=O)(=O)N3CCCCC3)ccc2C)cc1. The number of anilines is 1. The molecule has 3 rings (SSSR count). The minimum atomic E-state index is -3.68. The number of nitrogens with zero attached hydrogens (tertiary/aromatic N) is 1. The van der Waals surface area contributed by atoms with Crippen LogP contribution in [0.5, 0.6) is 5.75 Å². The van der Waals surface area contributed by atoms with Crippen molar-refractivity contribution in [1.29, 1.82) is 0 Å². The fourth-order valence-corrected chi connectivity index (χ4v) is 4.99. The average Bonchev–Trinajstić information content (AvgIpc) is 2.79. The van der Waals surface area contributed by atoms with Crippen LogP contribution in [0.1, 0.15) is 42.1 Å². The summed E-state index contributed by atoms with van der Waals surface area (Å²) < 4.78 is 37.7. The van der Waals surface area contributed by atoms with E-state index < -0.39 is 28.5 Å². The molecule has 0 atom stereocenters. The molecule has 0 spiro atoms. The molecule has 1 heterocycles. The van der Waals surface area contributed by atoms with Crippen LogP contribution in [0, 0.1) is 6.92 Å². The van der Waals surface area contributed by atoms with E-state index in [0.717, 1.165) is 19.3 Å². The van der Waals surface area contributed by atoms with E-state index in [2.05, 4.69) is 5.32 Å². The highest BCUT2D eigenvalue weighted by atomic mass is 32.2. The number of carbonyl (C=O) groups is 2. The van der Waals surface area contributed by atoms with Crippen molar-refractivity contribution < 1.29 is 27.5 Å². The zero-order valence-electron chi connectivity index (χ0n) is 18.3. The number of aryl methyl sites for hydroxylation is 1. The van der Waals surface area contributed by atoms with Gasteiger partial charge in [-0.05, 0) is 68.7 Å². The zero-order valence-corrected chi connectivity index (χ0v) is 19.1. The van der Waals surface area contributed by atoms with Gasteiger partial charge in [0.2, 0.25) is 10.0 Å². The highest BCUT2D eigenvalue weighted by molar-refractivity contribution is 7.89. The van der Waals surface area contributed by atoms with Gasteiger partial charge in [0, 0.05) is 18.8 Å². The maximum absolute atomic E-state index is 12.9. The summed E-state index contributed by atoms with van der Waals surface area (Å²) in [6.07, 6.45) is 2.66. The van der Waals surface area contributed by atoms with E-state index in [1.165, 1.54) is 16.4 Å². The Morgan fingerprint density at radius 3 is 2.38 bits per heavy atom. The molecule has 0 radical (unpaired) electrons. The predicted octanol–water partition coefficient (Wildman–Crippen LogP) is 3.36. The van der Waals surface area contributed by atoms with Crippen LogP contribution >= 0.6 is 0 Å². The lowest BCUT2D eigenvalue weighted by Crippen LogP contribution is -2.35. The van der Waals surface area contributed by atoms with Crippen molar-refractivity contribution in [2.24, 2.45) is 0 Å². The van der Waals surface area contributed by atoms with Crippen LogP contribution in [0.4, 0.5) is 5.69 Å².